The monoisotopic (exact) mass is 356 g/mol. The maximum atomic E-state index is 12.6. The molecule has 3 amide bonds. The Morgan fingerprint density at radius 1 is 1.23 bits per heavy atom. The molecular formula is C19H24N4O3. The number of nitrogens with two attached hydrogens (primary N) is 1. The zero-order valence-corrected chi connectivity index (χ0v) is 14.7. The molecule has 2 heterocycles. The fourth-order valence-electron chi connectivity index (χ4n) is 3.81. The van der Waals surface area contributed by atoms with E-state index in [0.717, 1.165) is 17.7 Å². The third-order valence-corrected chi connectivity index (χ3v) is 5.52. The zero-order valence-electron chi connectivity index (χ0n) is 14.7. The van der Waals surface area contributed by atoms with Gasteiger partial charge in [-0.25, -0.2) is 0 Å². The molecule has 1 saturated heterocycles. The highest BCUT2D eigenvalue weighted by Gasteiger charge is 2.39. The number of nitrogens with one attached hydrogen (secondary N) is 2. The summed E-state index contributed by atoms with van der Waals surface area (Å²) in [6.45, 7) is 1.92. The molecule has 3 aliphatic rings. The average molecular weight is 356 g/mol. The molecular weight excluding hydrogens is 332 g/mol. The van der Waals surface area contributed by atoms with E-state index in [2.05, 4.69) is 10.6 Å². The Morgan fingerprint density at radius 3 is 2.77 bits per heavy atom. The molecule has 7 nitrogen and oxygen atoms in total. The Labute approximate surface area is 152 Å². The highest BCUT2D eigenvalue weighted by molar-refractivity contribution is 6.05. The lowest BCUT2D eigenvalue weighted by atomic mass is 10.0. The molecule has 2 atom stereocenters. The van der Waals surface area contributed by atoms with E-state index in [0.29, 0.717) is 31.0 Å². The van der Waals surface area contributed by atoms with Gasteiger partial charge in [-0.15, -0.1) is 0 Å². The van der Waals surface area contributed by atoms with Gasteiger partial charge in [0.05, 0.1) is 0 Å². The van der Waals surface area contributed by atoms with Crippen molar-refractivity contribution in [3.05, 3.63) is 34.9 Å². The topological polar surface area (TPSA) is 105 Å². The van der Waals surface area contributed by atoms with E-state index in [4.69, 9.17) is 5.73 Å². The van der Waals surface area contributed by atoms with E-state index in [1.807, 2.05) is 18.2 Å². The van der Waals surface area contributed by atoms with Crippen molar-refractivity contribution >= 4 is 17.7 Å². The molecule has 0 spiro atoms. The highest BCUT2D eigenvalue weighted by atomic mass is 16.2. The van der Waals surface area contributed by atoms with E-state index in [-0.39, 0.29) is 30.2 Å². The molecule has 0 aromatic heterocycles. The first-order valence-corrected chi connectivity index (χ1v) is 9.25. The summed E-state index contributed by atoms with van der Waals surface area (Å²) in [5.74, 6) is -0.112. The standard InChI is InChI=1S/C19H24N4O3/c20-15(12-2-3-12)9-21-8-11-1-4-14-13(7-11)10-23(19(14)26)16-5-6-17(24)22-18(16)25/h1,4,7,12,15-16,21H,2-3,5-6,8-10,20H2,(H,22,24,25)/t15-,16?/m1/s1. The molecule has 4 N–H and O–H groups in total. The zero-order chi connectivity index (χ0) is 18.3. The maximum Gasteiger partial charge on any atom is 0.255 e. The third-order valence-electron chi connectivity index (χ3n) is 5.52. The van der Waals surface area contributed by atoms with Crippen LogP contribution in [-0.4, -0.2) is 41.2 Å². The second-order valence-electron chi connectivity index (χ2n) is 7.52. The number of rotatable bonds is 6. The van der Waals surface area contributed by atoms with Gasteiger partial charge in [0.2, 0.25) is 11.8 Å². The van der Waals surface area contributed by atoms with Crippen LogP contribution in [-0.2, 0) is 22.7 Å². The van der Waals surface area contributed by atoms with Gasteiger partial charge in [0.25, 0.3) is 5.91 Å². The van der Waals surface area contributed by atoms with Gasteiger partial charge >= 0.3 is 0 Å². The van der Waals surface area contributed by atoms with Crippen molar-refractivity contribution in [3.8, 4) is 0 Å². The number of nitrogens with zero attached hydrogens (tertiary/aromatic N) is 1. The van der Waals surface area contributed by atoms with Gasteiger partial charge in [-0.3, -0.25) is 19.7 Å². The second kappa shape index (κ2) is 6.81. The SMILES string of the molecule is N[C@H](CNCc1ccc2c(c1)CN(C1CCC(=O)NC1=O)C2=O)C1CC1. The summed E-state index contributed by atoms with van der Waals surface area (Å²) in [6, 6.07) is 5.45. The van der Waals surface area contributed by atoms with E-state index in [1.54, 1.807) is 4.90 Å². The Kier molecular flexibility index (Phi) is 4.50. The van der Waals surface area contributed by atoms with Crippen LogP contribution in [0.25, 0.3) is 0 Å². The number of imide groups is 1. The van der Waals surface area contributed by atoms with Crippen LogP contribution >= 0.6 is 0 Å². The van der Waals surface area contributed by atoms with Crippen LogP contribution in [0.1, 0.15) is 47.2 Å². The van der Waals surface area contributed by atoms with Crippen LogP contribution in [0.2, 0.25) is 0 Å². The Balaban J connectivity index is 1.39. The lowest BCUT2D eigenvalue weighted by molar-refractivity contribution is -0.136. The summed E-state index contributed by atoms with van der Waals surface area (Å²) >= 11 is 0. The number of benzene rings is 1. The molecule has 2 fully saturated rings. The fraction of sp³-hybridized carbons (Fsp3) is 0.526. The Bertz CT molecular complexity index is 759. The van der Waals surface area contributed by atoms with Gasteiger partial charge in [0.1, 0.15) is 6.04 Å². The van der Waals surface area contributed by atoms with Crippen LogP contribution < -0.4 is 16.4 Å². The van der Waals surface area contributed by atoms with Crippen molar-refractivity contribution in [2.45, 2.75) is 50.9 Å². The number of hydrogen-bond acceptors (Lipinski definition) is 5. The van der Waals surface area contributed by atoms with Crippen molar-refractivity contribution in [1.82, 2.24) is 15.5 Å². The van der Waals surface area contributed by atoms with Crippen LogP contribution in [0.4, 0.5) is 0 Å². The molecule has 2 aliphatic heterocycles. The molecule has 0 bridgehead atoms. The molecule has 26 heavy (non-hydrogen) atoms. The minimum absolute atomic E-state index is 0.134. The van der Waals surface area contributed by atoms with Crippen molar-refractivity contribution < 1.29 is 14.4 Å². The number of fused-ring (bicyclic) bond motifs is 1. The van der Waals surface area contributed by atoms with Crippen molar-refractivity contribution in [3.63, 3.8) is 0 Å². The fourth-order valence-corrected chi connectivity index (χ4v) is 3.81. The van der Waals surface area contributed by atoms with E-state index in [9.17, 15) is 14.4 Å². The van der Waals surface area contributed by atoms with E-state index < -0.39 is 6.04 Å². The number of carbonyl (C=O) groups is 3. The van der Waals surface area contributed by atoms with Gasteiger partial charge in [-0.2, -0.15) is 0 Å². The number of amides is 3. The van der Waals surface area contributed by atoms with Crippen LogP contribution in [0.5, 0.6) is 0 Å². The lowest BCUT2D eigenvalue weighted by Gasteiger charge is -2.29. The van der Waals surface area contributed by atoms with Gasteiger partial charge in [-0.1, -0.05) is 12.1 Å². The summed E-state index contributed by atoms with van der Waals surface area (Å²) in [5.41, 5.74) is 8.78. The average Bonchev–Trinajstić information content (AvgIpc) is 3.40. The van der Waals surface area contributed by atoms with Gasteiger partial charge < -0.3 is 16.0 Å². The predicted molar refractivity (Wildman–Crippen MR) is 94.9 cm³/mol. The molecule has 7 heteroatoms. The second-order valence-corrected chi connectivity index (χ2v) is 7.52. The molecule has 138 valence electrons. The first-order chi connectivity index (χ1) is 12.5. The molecule has 0 radical (unpaired) electrons. The number of carbonyl (C=O) groups excluding carboxylic acids is 3. The highest BCUT2D eigenvalue weighted by Crippen LogP contribution is 2.31. The Hall–Kier alpha value is -2.25. The minimum Gasteiger partial charge on any atom is -0.326 e. The summed E-state index contributed by atoms with van der Waals surface area (Å²) in [7, 11) is 0. The predicted octanol–water partition coefficient (Wildman–Crippen LogP) is 0.274. The molecule has 1 aromatic rings. The van der Waals surface area contributed by atoms with Gasteiger partial charge in [0.15, 0.2) is 0 Å². The van der Waals surface area contributed by atoms with Gasteiger partial charge in [-0.05, 0) is 42.4 Å². The smallest absolute Gasteiger partial charge is 0.255 e. The number of hydrogen-bond donors (Lipinski definition) is 3. The van der Waals surface area contributed by atoms with Crippen LogP contribution in [0.15, 0.2) is 18.2 Å². The quantitative estimate of drug-likeness (QED) is 0.635. The molecule has 1 aliphatic carbocycles. The normalized spacial score (nSPS) is 23.8. The van der Waals surface area contributed by atoms with Crippen molar-refractivity contribution in [2.75, 3.05) is 6.54 Å². The number of piperidine rings is 1. The Morgan fingerprint density at radius 2 is 2.04 bits per heavy atom. The molecule has 1 unspecified atom stereocenters. The summed E-state index contributed by atoms with van der Waals surface area (Å²) < 4.78 is 0. The van der Waals surface area contributed by atoms with Crippen molar-refractivity contribution in [1.29, 1.82) is 0 Å². The van der Waals surface area contributed by atoms with Crippen LogP contribution in [0.3, 0.4) is 0 Å². The first kappa shape index (κ1) is 17.2. The van der Waals surface area contributed by atoms with Crippen LogP contribution in [0, 0.1) is 5.92 Å². The maximum absolute atomic E-state index is 12.6. The molecule has 1 saturated carbocycles. The van der Waals surface area contributed by atoms with Gasteiger partial charge in [0, 0.05) is 37.7 Å². The summed E-state index contributed by atoms with van der Waals surface area (Å²) in [6.07, 6.45) is 3.13. The first-order valence-electron chi connectivity index (χ1n) is 9.25. The molecule has 4 rings (SSSR count). The summed E-state index contributed by atoms with van der Waals surface area (Å²) in [4.78, 5) is 37.6. The van der Waals surface area contributed by atoms with Crippen molar-refractivity contribution in [2.24, 2.45) is 11.7 Å². The van der Waals surface area contributed by atoms with E-state index in [1.165, 1.54) is 12.8 Å². The molecule has 1 aromatic carbocycles. The largest absolute Gasteiger partial charge is 0.326 e. The summed E-state index contributed by atoms with van der Waals surface area (Å²) in [5, 5.41) is 5.71. The lowest BCUT2D eigenvalue weighted by Crippen LogP contribution is -2.52. The minimum atomic E-state index is -0.564. The van der Waals surface area contributed by atoms with E-state index >= 15 is 0 Å². The third kappa shape index (κ3) is 3.37.